The first-order valence-electron chi connectivity index (χ1n) is 7.83. The lowest BCUT2D eigenvalue weighted by molar-refractivity contribution is -0.125. The highest BCUT2D eigenvalue weighted by atomic mass is 32.2. The molecule has 1 aliphatic rings. The summed E-state index contributed by atoms with van der Waals surface area (Å²) in [5.41, 5.74) is 1.50. The van der Waals surface area contributed by atoms with E-state index < -0.39 is 22.3 Å². The second-order valence-corrected chi connectivity index (χ2v) is 7.85. The molecule has 3 heterocycles. The van der Waals surface area contributed by atoms with E-state index in [1.807, 2.05) is 6.92 Å². The van der Waals surface area contributed by atoms with Gasteiger partial charge in [-0.1, -0.05) is 0 Å². The van der Waals surface area contributed by atoms with Crippen molar-refractivity contribution in [2.45, 2.75) is 32.0 Å². The zero-order chi connectivity index (χ0) is 18.2. The van der Waals surface area contributed by atoms with Crippen LogP contribution in [0.5, 0.6) is 0 Å². The molecule has 3 rings (SSSR count). The number of carbonyl (C=O) groups is 1. The van der Waals surface area contributed by atoms with E-state index in [1.165, 1.54) is 13.3 Å². The average Bonchev–Trinajstić information content (AvgIpc) is 3.16. The fourth-order valence-electron chi connectivity index (χ4n) is 2.98. The number of nitrogens with one attached hydrogen (secondary N) is 2. The molecule has 1 fully saturated rings. The van der Waals surface area contributed by atoms with Gasteiger partial charge in [0.25, 0.3) is 10.2 Å². The van der Waals surface area contributed by atoms with Crippen LogP contribution in [-0.2, 0) is 28.6 Å². The molecule has 0 radical (unpaired) electrons. The highest BCUT2D eigenvalue weighted by Crippen LogP contribution is 2.29. The van der Waals surface area contributed by atoms with E-state index in [4.69, 9.17) is 4.42 Å². The van der Waals surface area contributed by atoms with Crippen molar-refractivity contribution in [2.75, 3.05) is 7.05 Å². The molecule has 10 heteroatoms. The number of hydrogen-bond acceptors (Lipinski definition) is 5. The number of nitrogens with zero attached hydrogens (tertiary/aromatic N) is 3. The van der Waals surface area contributed by atoms with Gasteiger partial charge in [0.2, 0.25) is 5.91 Å². The summed E-state index contributed by atoms with van der Waals surface area (Å²) >= 11 is 0. The Labute approximate surface area is 146 Å². The van der Waals surface area contributed by atoms with Gasteiger partial charge in [-0.05, 0) is 25.5 Å². The fourth-order valence-corrected chi connectivity index (χ4v) is 4.24. The van der Waals surface area contributed by atoms with Crippen molar-refractivity contribution < 1.29 is 17.6 Å². The third kappa shape index (κ3) is 3.60. The maximum atomic E-state index is 12.6. The Morgan fingerprint density at radius 1 is 1.48 bits per heavy atom. The molecule has 2 atom stereocenters. The Morgan fingerprint density at radius 3 is 2.84 bits per heavy atom. The van der Waals surface area contributed by atoms with E-state index in [9.17, 15) is 13.2 Å². The van der Waals surface area contributed by atoms with E-state index in [0.29, 0.717) is 12.2 Å². The second kappa shape index (κ2) is 6.62. The van der Waals surface area contributed by atoms with Crippen molar-refractivity contribution in [3.8, 4) is 0 Å². The maximum absolute atomic E-state index is 12.6. The summed E-state index contributed by atoms with van der Waals surface area (Å²) in [5, 5.41) is 6.98. The molecule has 1 saturated heterocycles. The molecule has 0 aromatic carbocycles. The first-order chi connectivity index (χ1) is 11.8. The lowest BCUT2D eigenvalue weighted by atomic mass is 10.00. The Hall–Kier alpha value is -2.17. The van der Waals surface area contributed by atoms with E-state index in [0.717, 1.165) is 15.6 Å². The van der Waals surface area contributed by atoms with Gasteiger partial charge in [-0.2, -0.15) is 22.5 Å². The Morgan fingerprint density at radius 2 is 2.24 bits per heavy atom. The molecule has 1 aliphatic heterocycles. The van der Waals surface area contributed by atoms with Crippen molar-refractivity contribution in [1.82, 2.24) is 24.1 Å². The molecule has 136 valence electrons. The number of hydrogen-bond donors (Lipinski definition) is 2. The van der Waals surface area contributed by atoms with E-state index in [1.54, 1.807) is 30.1 Å². The second-order valence-electron chi connectivity index (χ2n) is 6.08. The molecular weight excluding hydrogens is 346 g/mol. The SMILES string of the molecule is Cc1nn(C)cc1[C@@H]1C[C@@H](C(=O)NCc2ccco2)N(C)S(=O)(=O)N1. The van der Waals surface area contributed by atoms with Crippen LogP contribution in [0.1, 0.15) is 29.5 Å². The summed E-state index contributed by atoms with van der Waals surface area (Å²) < 4.78 is 35.3. The molecule has 0 aliphatic carbocycles. The van der Waals surface area contributed by atoms with Gasteiger partial charge in [-0.15, -0.1) is 0 Å². The molecule has 1 amide bonds. The number of aromatic nitrogens is 2. The number of carbonyl (C=O) groups excluding carboxylic acids is 1. The number of furan rings is 1. The zero-order valence-electron chi connectivity index (χ0n) is 14.3. The van der Waals surface area contributed by atoms with E-state index >= 15 is 0 Å². The minimum absolute atomic E-state index is 0.209. The van der Waals surface area contributed by atoms with Crippen LogP contribution in [0.4, 0.5) is 0 Å². The molecule has 25 heavy (non-hydrogen) atoms. The summed E-state index contributed by atoms with van der Waals surface area (Å²) in [4.78, 5) is 12.6. The fraction of sp³-hybridized carbons (Fsp3) is 0.467. The topological polar surface area (TPSA) is 109 Å². The van der Waals surface area contributed by atoms with Crippen LogP contribution >= 0.6 is 0 Å². The van der Waals surface area contributed by atoms with Crippen molar-refractivity contribution in [2.24, 2.45) is 7.05 Å². The van der Waals surface area contributed by atoms with Crippen LogP contribution < -0.4 is 10.0 Å². The van der Waals surface area contributed by atoms with Crippen LogP contribution in [0, 0.1) is 6.92 Å². The van der Waals surface area contributed by atoms with Crippen LogP contribution in [0.3, 0.4) is 0 Å². The third-order valence-electron chi connectivity index (χ3n) is 4.31. The first kappa shape index (κ1) is 17.6. The minimum atomic E-state index is -3.77. The van der Waals surface area contributed by atoms with Crippen molar-refractivity contribution >= 4 is 16.1 Å². The van der Waals surface area contributed by atoms with Gasteiger partial charge >= 0.3 is 0 Å². The third-order valence-corrected chi connectivity index (χ3v) is 5.91. The molecule has 9 nitrogen and oxygen atoms in total. The Balaban J connectivity index is 1.79. The van der Waals surface area contributed by atoms with Gasteiger partial charge in [0.05, 0.1) is 24.5 Å². The molecule has 0 bridgehead atoms. The summed E-state index contributed by atoms with van der Waals surface area (Å²) in [6, 6.07) is 2.15. The average molecular weight is 367 g/mol. The normalized spacial score (nSPS) is 23.5. The van der Waals surface area contributed by atoms with Crippen molar-refractivity contribution in [1.29, 1.82) is 0 Å². The Bertz CT molecular complexity index is 859. The lowest BCUT2D eigenvalue weighted by Gasteiger charge is -2.35. The Kier molecular flexibility index (Phi) is 4.67. The molecule has 0 spiro atoms. The smallest absolute Gasteiger partial charge is 0.280 e. The van der Waals surface area contributed by atoms with Gasteiger partial charge in [0, 0.05) is 25.9 Å². The molecule has 0 unspecified atom stereocenters. The van der Waals surface area contributed by atoms with Crippen molar-refractivity contribution in [3.05, 3.63) is 41.6 Å². The molecule has 2 N–H and O–H groups in total. The van der Waals surface area contributed by atoms with Crippen LogP contribution in [0.2, 0.25) is 0 Å². The number of amides is 1. The number of rotatable bonds is 4. The summed E-state index contributed by atoms with van der Waals surface area (Å²) in [5.74, 6) is 0.239. The standard InChI is InChI=1S/C15H21N5O4S/c1-10-12(9-19(2)17-10)13-7-14(20(3)25(22,23)18-13)15(21)16-8-11-5-4-6-24-11/h4-6,9,13-14,18H,7-8H2,1-3H3,(H,16,21)/t13-,14-/m0/s1. The van der Waals surface area contributed by atoms with E-state index in [-0.39, 0.29) is 12.5 Å². The lowest BCUT2D eigenvalue weighted by Crippen LogP contribution is -2.57. The quantitative estimate of drug-likeness (QED) is 0.803. The summed E-state index contributed by atoms with van der Waals surface area (Å²) in [7, 11) is -0.605. The van der Waals surface area contributed by atoms with Crippen LogP contribution in [0.15, 0.2) is 29.0 Å². The zero-order valence-corrected chi connectivity index (χ0v) is 15.1. The van der Waals surface area contributed by atoms with Gasteiger partial charge in [0.1, 0.15) is 11.8 Å². The van der Waals surface area contributed by atoms with Gasteiger partial charge in [-0.3, -0.25) is 9.48 Å². The highest BCUT2D eigenvalue weighted by Gasteiger charge is 2.41. The van der Waals surface area contributed by atoms with E-state index in [2.05, 4.69) is 15.1 Å². The van der Waals surface area contributed by atoms with Crippen molar-refractivity contribution in [3.63, 3.8) is 0 Å². The molecule has 0 saturated carbocycles. The number of likely N-dealkylation sites (N-methyl/N-ethyl adjacent to an activating group) is 1. The summed E-state index contributed by atoms with van der Waals surface area (Å²) in [6.07, 6.45) is 3.60. The minimum Gasteiger partial charge on any atom is -0.467 e. The largest absolute Gasteiger partial charge is 0.467 e. The molecule has 2 aromatic rings. The highest BCUT2D eigenvalue weighted by molar-refractivity contribution is 7.87. The van der Waals surface area contributed by atoms with Gasteiger partial charge in [-0.25, -0.2) is 0 Å². The van der Waals surface area contributed by atoms with Crippen LogP contribution in [0.25, 0.3) is 0 Å². The summed E-state index contributed by atoms with van der Waals surface area (Å²) in [6.45, 7) is 2.02. The first-order valence-corrected chi connectivity index (χ1v) is 9.27. The number of aryl methyl sites for hydroxylation is 2. The maximum Gasteiger partial charge on any atom is 0.280 e. The van der Waals surface area contributed by atoms with Crippen LogP contribution in [-0.4, -0.2) is 41.5 Å². The monoisotopic (exact) mass is 367 g/mol. The van der Waals surface area contributed by atoms with Gasteiger partial charge < -0.3 is 9.73 Å². The predicted octanol–water partition coefficient (Wildman–Crippen LogP) is 0.218. The molecular formula is C15H21N5O4S. The molecule has 2 aromatic heterocycles. The predicted molar refractivity (Wildman–Crippen MR) is 89.5 cm³/mol. The van der Waals surface area contributed by atoms with Gasteiger partial charge in [0.15, 0.2) is 0 Å².